The molecule has 0 fully saturated rings. The number of benzene rings is 2. The van der Waals surface area contributed by atoms with Crippen LogP contribution in [0.5, 0.6) is 5.75 Å². The first-order valence-corrected chi connectivity index (χ1v) is 10.0. The number of hydrogen-bond acceptors (Lipinski definition) is 5. The lowest BCUT2D eigenvalue weighted by molar-refractivity contribution is -0.384. The topological polar surface area (TPSA) is 75.8 Å². The van der Waals surface area contributed by atoms with Crippen LogP contribution in [0.25, 0.3) is 6.08 Å². The number of aliphatic hydroxyl groups is 1. The van der Waals surface area contributed by atoms with Gasteiger partial charge in [0.2, 0.25) is 5.72 Å². The average Bonchev–Trinajstić information content (AvgIpc) is 2.94. The Labute approximate surface area is 170 Å². The highest BCUT2D eigenvalue weighted by molar-refractivity contribution is 5.73. The molecule has 29 heavy (non-hydrogen) atoms. The molecule has 2 aromatic carbocycles. The highest BCUT2D eigenvalue weighted by Gasteiger charge is 2.62. The van der Waals surface area contributed by atoms with Gasteiger partial charge in [0, 0.05) is 29.9 Å². The molecule has 1 N–H and O–H groups in total. The molecule has 3 unspecified atom stereocenters. The third-order valence-electron chi connectivity index (χ3n) is 6.78. The van der Waals surface area contributed by atoms with E-state index in [9.17, 15) is 15.2 Å². The first kappa shape index (κ1) is 19.5. The average molecular weight is 394 g/mol. The predicted octanol–water partition coefficient (Wildman–Crippen LogP) is 4.51. The van der Waals surface area contributed by atoms with E-state index in [-0.39, 0.29) is 23.6 Å². The Bertz CT molecular complexity index is 989. The maximum atomic E-state index is 11.2. The van der Waals surface area contributed by atoms with E-state index in [1.807, 2.05) is 24.3 Å². The van der Waals surface area contributed by atoms with Crippen molar-refractivity contribution in [2.24, 2.45) is 5.92 Å². The van der Waals surface area contributed by atoms with Crippen molar-refractivity contribution in [2.45, 2.75) is 38.3 Å². The van der Waals surface area contributed by atoms with E-state index in [1.54, 1.807) is 6.07 Å². The molecule has 0 aromatic heterocycles. The molecule has 2 heterocycles. The van der Waals surface area contributed by atoms with Crippen molar-refractivity contribution in [1.29, 1.82) is 0 Å². The fraction of sp³-hybridized carbons (Fsp3) is 0.391. The van der Waals surface area contributed by atoms with Crippen LogP contribution in [-0.2, 0) is 5.41 Å². The van der Waals surface area contributed by atoms with Crippen molar-refractivity contribution < 1.29 is 14.8 Å². The molecule has 1 spiro atoms. The summed E-state index contributed by atoms with van der Waals surface area (Å²) in [5, 5.41) is 21.0. The van der Waals surface area contributed by atoms with Crippen molar-refractivity contribution in [3.05, 3.63) is 69.8 Å². The molecule has 0 radical (unpaired) electrons. The largest absolute Gasteiger partial charge is 0.463 e. The molecule has 2 aliphatic heterocycles. The third-order valence-corrected chi connectivity index (χ3v) is 6.78. The molecule has 6 heteroatoms. The van der Waals surface area contributed by atoms with Gasteiger partial charge in [-0.3, -0.25) is 10.1 Å². The minimum absolute atomic E-state index is 0.00299. The van der Waals surface area contributed by atoms with E-state index in [0.29, 0.717) is 17.9 Å². The van der Waals surface area contributed by atoms with E-state index < -0.39 is 10.6 Å². The fourth-order valence-corrected chi connectivity index (χ4v) is 4.91. The van der Waals surface area contributed by atoms with Crippen molar-refractivity contribution in [2.75, 3.05) is 18.1 Å². The van der Waals surface area contributed by atoms with Gasteiger partial charge in [0.1, 0.15) is 5.75 Å². The summed E-state index contributed by atoms with van der Waals surface area (Å²) in [7, 11) is 0. The lowest BCUT2D eigenvalue weighted by Gasteiger charge is -2.50. The third kappa shape index (κ3) is 2.59. The number of ether oxygens (including phenoxy) is 1. The van der Waals surface area contributed by atoms with Crippen LogP contribution in [0.1, 0.15) is 38.3 Å². The van der Waals surface area contributed by atoms with Gasteiger partial charge in [0.05, 0.1) is 16.9 Å². The minimum Gasteiger partial charge on any atom is -0.463 e. The van der Waals surface area contributed by atoms with Gasteiger partial charge in [-0.15, -0.1) is 0 Å². The summed E-state index contributed by atoms with van der Waals surface area (Å²) in [5.41, 5.74) is 1.79. The summed E-state index contributed by atoms with van der Waals surface area (Å²) >= 11 is 0. The van der Waals surface area contributed by atoms with E-state index in [1.165, 1.54) is 17.7 Å². The van der Waals surface area contributed by atoms with Crippen LogP contribution in [0.4, 0.5) is 11.4 Å². The molecular formula is C23H26N2O4. The Morgan fingerprint density at radius 2 is 2.03 bits per heavy atom. The van der Waals surface area contributed by atoms with Crippen LogP contribution in [-0.4, -0.2) is 28.9 Å². The highest BCUT2D eigenvalue weighted by atomic mass is 16.6. The van der Waals surface area contributed by atoms with Crippen LogP contribution >= 0.6 is 0 Å². The molecule has 2 aromatic rings. The normalized spacial score (nSPS) is 25.4. The van der Waals surface area contributed by atoms with Crippen LogP contribution in [0, 0.1) is 16.0 Å². The number of nitrogens with zero attached hydrogens (tertiary/aromatic N) is 2. The number of β-amino-alcohol motifs (C(OH)–C–C–N with tert-alkyl or cyclic N) is 1. The van der Waals surface area contributed by atoms with Gasteiger partial charge in [-0.1, -0.05) is 38.5 Å². The zero-order chi connectivity index (χ0) is 20.8. The van der Waals surface area contributed by atoms with E-state index in [2.05, 4.69) is 37.8 Å². The van der Waals surface area contributed by atoms with Crippen molar-refractivity contribution in [1.82, 2.24) is 0 Å². The number of aliphatic hydroxyl groups excluding tert-OH is 1. The quantitative estimate of drug-likeness (QED) is 0.596. The summed E-state index contributed by atoms with van der Waals surface area (Å²) in [6, 6.07) is 13.0. The number of nitro benzene ring substituents is 1. The second-order valence-corrected chi connectivity index (χ2v) is 8.02. The Kier molecular flexibility index (Phi) is 4.62. The lowest BCUT2D eigenvalue weighted by Crippen LogP contribution is -2.63. The molecular weight excluding hydrogens is 368 g/mol. The second kappa shape index (κ2) is 6.88. The number of fused-ring (bicyclic) bond motifs is 2. The van der Waals surface area contributed by atoms with Crippen molar-refractivity contribution in [3.8, 4) is 5.75 Å². The second-order valence-electron chi connectivity index (χ2n) is 8.02. The maximum Gasteiger partial charge on any atom is 0.270 e. The molecule has 152 valence electrons. The van der Waals surface area contributed by atoms with Gasteiger partial charge in [-0.25, -0.2) is 0 Å². The number of rotatable bonds is 5. The van der Waals surface area contributed by atoms with Crippen LogP contribution in [0.15, 0.2) is 48.5 Å². The maximum absolute atomic E-state index is 11.2. The Morgan fingerprint density at radius 1 is 1.28 bits per heavy atom. The van der Waals surface area contributed by atoms with Crippen LogP contribution in [0.2, 0.25) is 0 Å². The molecule has 0 saturated heterocycles. The smallest absolute Gasteiger partial charge is 0.270 e. The predicted molar refractivity (Wildman–Crippen MR) is 113 cm³/mol. The lowest BCUT2D eigenvalue weighted by atomic mass is 9.65. The number of para-hydroxylation sites is 1. The minimum atomic E-state index is -0.821. The molecule has 0 aliphatic carbocycles. The summed E-state index contributed by atoms with van der Waals surface area (Å²) < 4.78 is 6.71. The summed E-state index contributed by atoms with van der Waals surface area (Å²) in [6.45, 7) is 7.04. The zero-order valence-corrected chi connectivity index (χ0v) is 17.0. The standard InChI is InChI=1S/C23H26N2O4/c1-4-16(2)22(3)19-7-5-6-8-20(19)24(13-14-26)23(22)12-11-17-15-18(25(27)28)9-10-21(17)29-23/h5-12,15-16,26H,4,13-14H2,1-3H3. The first-order chi connectivity index (χ1) is 13.9. The molecule has 0 saturated carbocycles. The Morgan fingerprint density at radius 3 is 2.72 bits per heavy atom. The van der Waals surface area contributed by atoms with Crippen LogP contribution in [0.3, 0.4) is 0 Å². The van der Waals surface area contributed by atoms with Crippen LogP contribution < -0.4 is 9.64 Å². The molecule has 3 atom stereocenters. The molecule has 4 rings (SSSR count). The first-order valence-electron chi connectivity index (χ1n) is 10.0. The van der Waals surface area contributed by atoms with Gasteiger partial charge in [0.15, 0.2) is 0 Å². The summed E-state index contributed by atoms with van der Waals surface area (Å²) in [5.74, 6) is 0.903. The van der Waals surface area contributed by atoms with E-state index in [0.717, 1.165) is 12.1 Å². The van der Waals surface area contributed by atoms with Gasteiger partial charge in [-0.2, -0.15) is 0 Å². The number of nitro groups is 1. The number of hydrogen-bond donors (Lipinski definition) is 1. The summed E-state index contributed by atoms with van der Waals surface area (Å²) in [6.07, 6.45) is 4.90. The fourth-order valence-electron chi connectivity index (χ4n) is 4.91. The zero-order valence-electron chi connectivity index (χ0n) is 17.0. The highest BCUT2D eigenvalue weighted by Crippen LogP contribution is 2.58. The van der Waals surface area contributed by atoms with Gasteiger partial charge in [-0.05, 0) is 42.7 Å². The molecule has 2 aliphatic rings. The molecule has 6 nitrogen and oxygen atoms in total. The number of anilines is 1. The molecule has 0 amide bonds. The van der Waals surface area contributed by atoms with Gasteiger partial charge in [0.25, 0.3) is 5.69 Å². The Hall–Kier alpha value is -2.86. The van der Waals surface area contributed by atoms with Gasteiger partial charge >= 0.3 is 0 Å². The van der Waals surface area contributed by atoms with E-state index >= 15 is 0 Å². The number of non-ortho nitro benzene ring substituents is 1. The van der Waals surface area contributed by atoms with Crippen molar-refractivity contribution in [3.63, 3.8) is 0 Å². The summed E-state index contributed by atoms with van der Waals surface area (Å²) in [4.78, 5) is 12.9. The monoisotopic (exact) mass is 394 g/mol. The Balaban J connectivity index is 1.92. The van der Waals surface area contributed by atoms with Crippen molar-refractivity contribution >= 4 is 17.5 Å². The van der Waals surface area contributed by atoms with E-state index in [4.69, 9.17) is 4.74 Å². The molecule has 0 bridgehead atoms. The SMILES string of the molecule is CCC(C)C1(C)c2ccccc2N(CCO)C12C=Cc1cc([N+](=O)[O-])ccc1O2. The van der Waals surface area contributed by atoms with Gasteiger partial charge < -0.3 is 14.7 Å².